The van der Waals surface area contributed by atoms with Crippen LogP contribution in [0.1, 0.15) is 34.1 Å². The van der Waals surface area contributed by atoms with E-state index in [-0.39, 0.29) is 11.3 Å². The SMILES string of the molecule is C=C(C)CNC(=O)C(C)(C)CC. The fraction of sp³-hybridized carbons (Fsp3) is 0.700. The van der Waals surface area contributed by atoms with Crippen LogP contribution in [0.5, 0.6) is 0 Å². The maximum Gasteiger partial charge on any atom is 0.225 e. The molecule has 1 amide bonds. The van der Waals surface area contributed by atoms with Crippen molar-refractivity contribution in [1.82, 2.24) is 5.32 Å². The Hall–Kier alpha value is -0.790. The van der Waals surface area contributed by atoms with Crippen LogP contribution in [0, 0.1) is 5.41 Å². The van der Waals surface area contributed by atoms with Gasteiger partial charge in [-0.15, -0.1) is 0 Å². The van der Waals surface area contributed by atoms with Gasteiger partial charge in [-0.25, -0.2) is 0 Å². The molecule has 70 valence electrons. The highest BCUT2D eigenvalue weighted by molar-refractivity contribution is 5.81. The number of carbonyl (C=O) groups excluding carboxylic acids is 1. The van der Waals surface area contributed by atoms with Gasteiger partial charge in [-0.2, -0.15) is 0 Å². The van der Waals surface area contributed by atoms with Gasteiger partial charge in [0.2, 0.25) is 5.91 Å². The summed E-state index contributed by atoms with van der Waals surface area (Å²) < 4.78 is 0. The molecule has 0 saturated heterocycles. The molecule has 0 aliphatic heterocycles. The van der Waals surface area contributed by atoms with Crippen LogP contribution in [0.15, 0.2) is 12.2 Å². The van der Waals surface area contributed by atoms with E-state index in [1.165, 1.54) is 0 Å². The minimum Gasteiger partial charge on any atom is -0.352 e. The van der Waals surface area contributed by atoms with Crippen molar-refractivity contribution in [2.75, 3.05) is 6.54 Å². The van der Waals surface area contributed by atoms with Crippen LogP contribution in [0.2, 0.25) is 0 Å². The van der Waals surface area contributed by atoms with E-state index < -0.39 is 0 Å². The molecular formula is C10H19NO. The van der Waals surface area contributed by atoms with E-state index in [9.17, 15) is 4.79 Å². The molecule has 0 aliphatic carbocycles. The standard InChI is InChI=1S/C10H19NO/c1-6-10(4,5)9(12)11-7-8(2)3/h2,6-7H2,1,3-5H3,(H,11,12). The van der Waals surface area contributed by atoms with E-state index in [2.05, 4.69) is 11.9 Å². The van der Waals surface area contributed by atoms with Crippen LogP contribution >= 0.6 is 0 Å². The van der Waals surface area contributed by atoms with Crippen LogP contribution in [0.3, 0.4) is 0 Å². The monoisotopic (exact) mass is 169 g/mol. The van der Waals surface area contributed by atoms with Crippen molar-refractivity contribution >= 4 is 5.91 Å². The highest BCUT2D eigenvalue weighted by atomic mass is 16.2. The van der Waals surface area contributed by atoms with Crippen molar-refractivity contribution in [3.63, 3.8) is 0 Å². The van der Waals surface area contributed by atoms with Gasteiger partial charge in [-0.3, -0.25) is 4.79 Å². The number of carbonyl (C=O) groups is 1. The van der Waals surface area contributed by atoms with E-state index in [1.807, 2.05) is 27.7 Å². The number of hydrogen-bond donors (Lipinski definition) is 1. The second-order valence-corrected chi connectivity index (χ2v) is 3.88. The average molecular weight is 169 g/mol. The molecule has 0 aliphatic rings. The van der Waals surface area contributed by atoms with Crippen LogP contribution in [0.25, 0.3) is 0 Å². The third kappa shape index (κ3) is 3.56. The quantitative estimate of drug-likeness (QED) is 0.642. The summed E-state index contributed by atoms with van der Waals surface area (Å²) in [6, 6.07) is 0. The van der Waals surface area contributed by atoms with Crippen molar-refractivity contribution in [2.45, 2.75) is 34.1 Å². The first-order valence-corrected chi connectivity index (χ1v) is 4.33. The maximum atomic E-state index is 11.4. The predicted molar refractivity (Wildman–Crippen MR) is 51.9 cm³/mol. The molecule has 1 N–H and O–H groups in total. The van der Waals surface area contributed by atoms with E-state index in [1.54, 1.807) is 0 Å². The Morgan fingerprint density at radius 2 is 2.00 bits per heavy atom. The van der Waals surface area contributed by atoms with Gasteiger partial charge in [0.1, 0.15) is 0 Å². The van der Waals surface area contributed by atoms with Crippen molar-refractivity contribution in [3.8, 4) is 0 Å². The summed E-state index contributed by atoms with van der Waals surface area (Å²) in [6.45, 7) is 12.1. The summed E-state index contributed by atoms with van der Waals surface area (Å²) in [6.07, 6.45) is 0.856. The Kier molecular flexibility index (Phi) is 4.01. The molecular weight excluding hydrogens is 150 g/mol. The van der Waals surface area contributed by atoms with Gasteiger partial charge in [0.25, 0.3) is 0 Å². The summed E-state index contributed by atoms with van der Waals surface area (Å²) in [5, 5.41) is 2.83. The highest BCUT2D eigenvalue weighted by Gasteiger charge is 2.24. The molecule has 0 aromatic heterocycles. The van der Waals surface area contributed by atoms with E-state index in [0.717, 1.165) is 12.0 Å². The molecule has 0 saturated carbocycles. The summed E-state index contributed by atoms with van der Waals surface area (Å²) in [5.74, 6) is 0.105. The zero-order valence-corrected chi connectivity index (χ0v) is 8.53. The molecule has 0 atom stereocenters. The average Bonchev–Trinajstić information content (AvgIpc) is 2.00. The molecule has 0 unspecified atom stereocenters. The Bertz CT molecular complexity index is 182. The van der Waals surface area contributed by atoms with Crippen LogP contribution in [-0.4, -0.2) is 12.5 Å². The number of nitrogens with one attached hydrogen (secondary N) is 1. The lowest BCUT2D eigenvalue weighted by molar-refractivity contribution is -0.129. The van der Waals surface area contributed by atoms with Gasteiger partial charge in [-0.05, 0) is 13.3 Å². The predicted octanol–water partition coefficient (Wildman–Crippen LogP) is 2.11. The molecule has 0 radical (unpaired) electrons. The first kappa shape index (κ1) is 11.2. The van der Waals surface area contributed by atoms with Gasteiger partial charge in [0.05, 0.1) is 0 Å². The van der Waals surface area contributed by atoms with Crippen molar-refractivity contribution in [2.24, 2.45) is 5.41 Å². The molecule has 0 rings (SSSR count). The minimum atomic E-state index is -0.255. The maximum absolute atomic E-state index is 11.4. The van der Waals surface area contributed by atoms with E-state index in [0.29, 0.717) is 6.54 Å². The van der Waals surface area contributed by atoms with Gasteiger partial charge < -0.3 is 5.32 Å². The highest BCUT2D eigenvalue weighted by Crippen LogP contribution is 2.19. The number of rotatable bonds is 4. The molecule has 0 bridgehead atoms. The van der Waals surface area contributed by atoms with Crippen molar-refractivity contribution in [1.29, 1.82) is 0 Å². The molecule has 2 heteroatoms. The van der Waals surface area contributed by atoms with Crippen LogP contribution in [0.4, 0.5) is 0 Å². The number of amides is 1. The third-order valence-electron chi connectivity index (χ3n) is 2.05. The minimum absolute atomic E-state index is 0.105. The second kappa shape index (κ2) is 4.29. The Balaban J connectivity index is 3.96. The first-order chi connectivity index (χ1) is 5.40. The van der Waals surface area contributed by atoms with Crippen molar-refractivity contribution < 1.29 is 4.79 Å². The lowest BCUT2D eigenvalue weighted by atomic mass is 9.89. The zero-order valence-electron chi connectivity index (χ0n) is 8.53. The largest absolute Gasteiger partial charge is 0.352 e. The molecule has 0 aromatic carbocycles. The fourth-order valence-corrected chi connectivity index (χ4v) is 0.631. The smallest absolute Gasteiger partial charge is 0.225 e. The lowest BCUT2D eigenvalue weighted by Gasteiger charge is -2.21. The molecule has 0 heterocycles. The Morgan fingerprint density at radius 3 is 2.33 bits per heavy atom. The van der Waals surface area contributed by atoms with Gasteiger partial charge >= 0.3 is 0 Å². The fourth-order valence-electron chi connectivity index (χ4n) is 0.631. The van der Waals surface area contributed by atoms with Gasteiger partial charge in [-0.1, -0.05) is 32.9 Å². The number of hydrogen-bond acceptors (Lipinski definition) is 1. The molecule has 0 aromatic rings. The summed E-state index contributed by atoms with van der Waals surface area (Å²) in [7, 11) is 0. The Morgan fingerprint density at radius 1 is 1.50 bits per heavy atom. The van der Waals surface area contributed by atoms with Crippen molar-refractivity contribution in [3.05, 3.63) is 12.2 Å². The van der Waals surface area contributed by atoms with E-state index >= 15 is 0 Å². The normalized spacial score (nSPS) is 11.0. The molecule has 12 heavy (non-hydrogen) atoms. The molecule has 0 spiro atoms. The van der Waals surface area contributed by atoms with Crippen LogP contribution < -0.4 is 5.32 Å². The summed E-state index contributed by atoms with van der Waals surface area (Å²) in [5.41, 5.74) is 0.727. The zero-order chi connectivity index (χ0) is 9.78. The summed E-state index contributed by atoms with van der Waals surface area (Å²) in [4.78, 5) is 11.4. The van der Waals surface area contributed by atoms with Gasteiger partial charge in [0.15, 0.2) is 0 Å². The topological polar surface area (TPSA) is 29.1 Å². The second-order valence-electron chi connectivity index (χ2n) is 3.88. The van der Waals surface area contributed by atoms with Crippen LogP contribution in [-0.2, 0) is 4.79 Å². The first-order valence-electron chi connectivity index (χ1n) is 4.33. The Labute approximate surface area is 75.0 Å². The summed E-state index contributed by atoms with van der Waals surface area (Å²) >= 11 is 0. The van der Waals surface area contributed by atoms with Gasteiger partial charge in [0, 0.05) is 12.0 Å². The van der Waals surface area contributed by atoms with E-state index in [4.69, 9.17) is 0 Å². The molecule has 2 nitrogen and oxygen atoms in total. The molecule has 0 fully saturated rings. The third-order valence-corrected chi connectivity index (χ3v) is 2.05. The lowest BCUT2D eigenvalue weighted by Crippen LogP contribution is -2.37.